The topological polar surface area (TPSA) is 36.9 Å². The maximum Gasteiger partial charge on any atom is 0.0619 e. The second-order valence-corrected chi connectivity index (χ2v) is 4.21. The minimum atomic E-state index is 0.363. The van der Waals surface area contributed by atoms with E-state index in [9.17, 15) is 0 Å². The van der Waals surface area contributed by atoms with Crippen molar-refractivity contribution in [2.24, 2.45) is 5.10 Å². The quantitative estimate of drug-likeness (QED) is 0.561. The van der Waals surface area contributed by atoms with Gasteiger partial charge in [0.15, 0.2) is 0 Å². The molecule has 0 radical (unpaired) electrons. The lowest BCUT2D eigenvalue weighted by Gasteiger charge is -2.40. The fraction of sp³-hybridized carbons (Fsp3) is 0.909. The number of nitrogens with one attached hydrogen (secondary N) is 1. The lowest BCUT2D eigenvalue weighted by atomic mass is 10.1. The summed E-state index contributed by atoms with van der Waals surface area (Å²) >= 11 is 0. The summed E-state index contributed by atoms with van der Waals surface area (Å²) in [6.45, 7) is 11.2. The van der Waals surface area contributed by atoms with Gasteiger partial charge in [-0.2, -0.15) is 5.10 Å². The van der Waals surface area contributed by atoms with Gasteiger partial charge in [-0.15, -0.1) is 0 Å². The molecule has 1 rings (SSSR count). The Labute approximate surface area is 92.7 Å². The van der Waals surface area contributed by atoms with Gasteiger partial charge in [-0.1, -0.05) is 0 Å². The van der Waals surface area contributed by atoms with Crippen molar-refractivity contribution in [3.05, 3.63) is 0 Å². The van der Waals surface area contributed by atoms with Crippen LogP contribution in [0.2, 0.25) is 0 Å². The summed E-state index contributed by atoms with van der Waals surface area (Å²) in [6, 6.07) is 1.35. The van der Waals surface area contributed by atoms with Gasteiger partial charge in [-0.25, -0.2) is 0 Å². The molecule has 1 fully saturated rings. The molecule has 1 N–H and O–H groups in total. The fourth-order valence-corrected chi connectivity index (χ4v) is 1.93. The van der Waals surface area contributed by atoms with Crippen LogP contribution in [0.4, 0.5) is 0 Å². The van der Waals surface area contributed by atoms with Gasteiger partial charge in [0.25, 0.3) is 0 Å². The highest BCUT2D eigenvalue weighted by atomic mass is 16.5. The van der Waals surface area contributed by atoms with Gasteiger partial charge in [0.05, 0.1) is 19.3 Å². The summed E-state index contributed by atoms with van der Waals surface area (Å²) in [7, 11) is 0. The Morgan fingerprint density at radius 1 is 1.53 bits per heavy atom. The average molecular weight is 213 g/mol. The molecule has 0 aromatic rings. The Bertz CT molecular complexity index is 208. The van der Waals surface area contributed by atoms with E-state index in [1.807, 2.05) is 6.92 Å². The number of hydrogen-bond acceptors (Lipinski definition) is 4. The molecule has 0 amide bonds. The standard InChI is InChI=1S/C11H23N3O/c1-5-12-13-10(3)11(4)14-6-7-15-8-9(14)2/h5,9-11,13H,6-8H2,1-4H3/b12-5-/t9-,10+,11?/m1/s1. The van der Waals surface area contributed by atoms with Crippen LogP contribution in [0.15, 0.2) is 5.10 Å². The number of hydrazone groups is 1. The first-order valence-corrected chi connectivity index (χ1v) is 5.73. The number of hydrogen-bond donors (Lipinski definition) is 1. The van der Waals surface area contributed by atoms with E-state index in [-0.39, 0.29) is 0 Å². The molecule has 1 unspecified atom stereocenters. The van der Waals surface area contributed by atoms with Crippen molar-refractivity contribution in [1.82, 2.24) is 10.3 Å². The molecule has 0 spiro atoms. The Morgan fingerprint density at radius 2 is 2.27 bits per heavy atom. The van der Waals surface area contributed by atoms with Gasteiger partial charge in [-0.05, 0) is 27.7 Å². The molecule has 1 heterocycles. The number of nitrogens with zero attached hydrogens (tertiary/aromatic N) is 2. The summed E-state index contributed by atoms with van der Waals surface area (Å²) < 4.78 is 5.43. The molecule has 0 saturated carbocycles. The van der Waals surface area contributed by atoms with Crippen LogP contribution >= 0.6 is 0 Å². The Balaban J connectivity index is 2.45. The minimum Gasteiger partial charge on any atom is -0.379 e. The monoisotopic (exact) mass is 213 g/mol. The van der Waals surface area contributed by atoms with E-state index in [1.54, 1.807) is 6.21 Å². The molecule has 1 aliphatic heterocycles. The summed E-state index contributed by atoms with van der Waals surface area (Å²) in [5.74, 6) is 0. The smallest absolute Gasteiger partial charge is 0.0619 e. The normalized spacial score (nSPS) is 27.9. The molecular weight excluding hydrogens is 190 g/mol. The van der Waals surface area contributed by atoms with Gasteiger partial charge in [0, 0.05) is 24.8 Å². The Morgan fingerprint density at radius 3 is 2.87 bits per heavy atom. The third-order valence-corrected chi connectivity index (χ3v) is 3.07. The van der Waals surface area contributed by atoms with Crippen LogP contribution < -0.4 is 5.43 Å². The zero-order valence-electron chi connectivity index (χ0n) is 10.2. The molecular formula is C11H23N3O. The summed E-state index contributed by atoms with van der Waals surface area (Å²) in [5.41, 5.74) is 3.14. The van der Waals surface area contributed by atoms with Crippen LogP contribution in [0.25, 0.3) is 0 Å². The third-order valence-electron chi connectivity index (χ3n) is 3.07. The van der Waals surface area contributed by atoms with Gasteiger partial charge in [-0.3, -0.25) is 4.90 Å². The molecule has 1 aliphatic rings. The zero-order chi connectivity index (χ0) is 11.3. The molecule has 15 heavy (non-hydrogen) atoms. The number of ether oxygens (including phenoxy) is 1. The maximum absolute atomic E-state index is 5.43. The van der Waals surface area contributed by atoms with Crippen LogP contribution in [0.1, 0.15) is 27.7 Å². The van der Waals surface area contributed by atoms with Crippen molar-refractivity contribution in [1.29, 1.82) is 0 Å². The van der Waals surface area contributed by atoms with Crippen molar-refractivity contribution in [3.63, 3.8) is 0 Å². The molecule has 4 heteroatoms. The first-order valence-electron chi connectivity index (χ1n) is 5.73. The zero-order valence-corrected chi connectivity index (χ0v) is 10.2. The van der Waals surface area contributed by atoms with Gasteiger partial charge < -0.3 is 10.2 Å². The number of morpholine rings is 1. The summed E-state index contributed by atoms with van der Waals surface area (Å²) in [6.07, 6.45) is 1.78. The van der Waals surface area contributed by atoms with Crippen LogP contribution in [0, 0.1) is 0 Å². The first-order chi connectivity index (χ1) is 7.16. The van der Waals surface area contributed by atoms with E-state index in [0.717, 1.165) is 19.8 Å². The molecule has 0 aliphatic carbocycles. The van der Waals surface area contributed by atoms with E-state index in [0.29, 0.717) is 18.1 Å². The molecule has 0 bridgehead atoms. The lowest BCUT2D eigenvalue weighted by Crippen LogP contribution is -2.54. The van der Waals surface area contributed by atoms with Crippen molar-refractivity contribution in [2.45, 2.75) is 45.8 Å². The average Bonchev–Trinajstić information content (AvgIpc) is 2.25. The van der Waals surface area contributed by atoms with Crippen molar-refractivity contribution < 1.29 is 4.74 Å². The maximum atomic E-state index is 5.43. The molecule has 1 saturated heterocycles. The molecule has 0 aromatic carbocycles. The molecule has 4 nitrogen and oxygen atoms in total. The Hall–Kier alpha value is -0.610. The summed E-state index contributed by atoms with van der Waals surface area (Å²) in [5, 5.41) is 4.08. The van der Waals surface area contributed by atoms with E-state index in [4.69, 9.17) is 4.74 Å². The van der Waals surface area contributed by atoms with E-state index in [2.05, 4.69) is 36.2 Å². The van der Waals surface area contributed by atoms with E-state index >= 15 is 0 Å². The largest absolute Gasteiger partial charge is 0.379 e. The predicted octanol–water partition coefficient (Wildman–Crippen LogP) is 1.08. The molecule has 0 aromatic heterocycles. The first kappa shape index (κ1) is 12.5. The SMILES string of the molecule is C/C=N\N[C@@H](C)C(C)N1CCOC[C@H]1C. The predicted molar refractivity (Wildman–Crippen MR) is 63.2 cm³/mol. The highest BCUT2D eigenvalue weighted by Crippen LogP contribution is 2.13. The Kier molecular flexibility index (Phi) is 5.05. The van der Waals surface area contributed by atoms with Crippen LogP contribution in [-0.4, -0.2) is 49.0 Å². The fourth-order valence-electron chi connectivity index (χ4n) is 1.93. The van der Waals surface area contributed by atoms with Crippen molar-refractivity contribution in [3.8, 4) is 0 Å². The number of rotatable bonds is 4. The van der Waals surface area contributed by atoms with Crippen LogP contribution in [-0.2, 0) is 4.74 Å². The van der Waals surface area contributed by atoms with Gasteiger partial charge in [0.2, 0.25) is 0 Å². The molecule has 88 valence electrons. The van der Waals surface area contributed by atoms with E-state index < -0.39 is 0 Å². The third kappa shape index (κ3) is 3.47. The lowest BCUT2D eigenvalue weighted by molar-refractivity contribution is -0.0243. The van der Waals surface area contributed by atoms with Crippen molar-refractivity contribution in [2.75, 3.05) is 19.8 Å². The van der Waals surface area contributed by atoms with E-state index in [1.165, 1.54) is 0 Å². The van der Waals surface area contributed by atoms with Crippen LogP contribution in [0.3, 0.4) is 0 Å². The highest BCUT2D eigenvalue weighted by molar-refractivity contribution is 5.52. The van der Waals surface area contributed by atoms with Gasteiger partial charge >= 0.3 is 0 Å². The van der Waals surface area contributed by atoms with Crippen molar-refractivity contribution >= 4 is 6.21 Å². The second kappa shape index (κ2) is 6.08. The van der Waals surface area contributed by atoms with Gasteiger partial charge in [0.1, 0.15) is 0 Å². The minimum absolute atomic E-state index is 0.363. The highest BCUT2D eigenvalue weighted by Gasteiger charge is 2.26. The second-order valence-electron chi connectivity index (χ2n) is 4.21. The molecule has 3 atom stereocenters. The summed E-state index contributed by atoms with van der Waals surface area (Å²) in [4.78, 5) is 2.48. The van der Waals surface area contributed by atoms with Crippen LogP contribution in [0.5, 0.6) is 0 Å².